The van der Waals surface area contributed by atoms with Crippen LogP contribution in [0.2, 0.25) is 0 Å². The van der Waals surface area contributed by atoms with Crippen molar-refractivity contribution < 1.29 is 22.7 Å². The first-order valence-electron chi connectivity index (χ1n) is 8.89. The molecular formula is C18H24F3N3O2. The molecule has 26 heavy (non-hydrogen) atoms. The smallest absolute Gasteiger partial charge is 0.378 e. The summed E-state index contributed by atoms with van der Waals surface area (Å²) >= 11 is 0. The summed E-state index contributed by atoms with van der Waals surface area (Å²) in [5, 5.41) is 0. The summed E-state index contributed by atoms with van der Waals surface area (Å²) in [6.07, 6.45) is -4.34. The van der Waals surface area contributed by atoms with Gasteiger partial charge in [0, 0.05) is 45.0 Å². The normalized spacial score (nSPS) is 20.9. The molecule has 2 aliphatic rings. The zero-order valence-electron chi connectivity index (χ0n) is 14.8. The van der Waals surface area contributed by atoms with Gasteiger partial charge in [-0.05, 0) is 25.1 Å². The summed E-state index contributed by atoms with van der Waals surface area (Å²) in [6, 6.07) is 5.19. The molecule has 0 bridgehead atoms. The average Bonchev–Trinajstić information content (AvgIpc) is 2.67. The highest BCUT2D eigenvalue weighted by atomic mass is 19.4. The molecule has 1 atom stereocenters. The summed E-state index contributed by atoms with van der Waals surface area (Å²) < 4.78 is 43.9. The van der Waals surface area contributed by atoms with Gasteiger partial charge in [-0.1, -0.05) is 6.07 Å². The Morgan fingerprint density at radius 3 is 2.35 bits per heavy atom. The van der Waals surface area contributed by atoms with Gasteiger partial charge in [-0.15, -0.1) is 0 Å². The Morgan fingerprint density at radius 1 is 1.08 bits per heavy atom. The van der Waals surface area contributed by atoms with E-state index in [0.717, 1.165) is 6.07 Å². The third-order valence-corrected chi connectivity index (χ3v) is 5.08. The van der Waals surface area contributed by atoms with Crippen LogP contribution in [0.15, 0.2) is 24.3 Å². The molecule has 0 radical (unpaired) electrons. The first kappa shape index (κ1) is 19.0. The highest BCUT2D eigenvalue weighted by Gasteiger charge is 2.32. The number of carbonyl (C=O) groups is 1. The summed E-state index contributed by atoms with van der Waals surface area (Å²) in [6.45, 7) is 6.77. The number of halogens is 3. The Kier molecular flexibility index (Phi) is 5.72. The minimum Gasteiger partial charge on any atom is -0.378 e. The van der Waals surface area contributed by atoms with Gasteiger partial charge in [-0.25, -0.2) is 0 Å². The standard InChI is InChI=1S/C18H24F3N3O2/c1-14(17(25)24-9-11-26-12-10-24)22-5-7-23(8-6-22)16-4-2-3-15(13-16)18(19,20)21/h2-4,13-14H,5-12H2,1H3. The van der Waals surface area contributed by atoms with E-state index in [1.807, 2.05) is 16.7 Å². The zero-order valence-corrected chi connectivity index (χ0v) is 14.8. The van der Waals surface area contributed by atoms with Gasteiger partial charge >= 0.3 is 6.18 Å². The molecule has 0 spiro atoms. The van der Waals surface area contributed by atoms with Crippen LogP contribution in [0.4, 0.5) is 18.9 Å². The van der Waals surface area contributed by atoms with Gasteiger partial charge in [0.2, 0.25) is 5.91 Å². The van der Waals surface area contributed by atoms with Crippen LogP contribution in [-0.4, -0.2) is 74.2 Å². The van der Waals surface area contributed by atoms with Crippen molar-refractivity contribution in [3.8, 4) is 0 Å². The quantitative estimate of drug-likeness (QED) is 0.815. The highest BCUT2D eigenvalue weighted by Crippen LogP contribution is 2.32. The lowest BCUT2D eigenvalue weighted by molar-refractivity contribution is -0.140. The van der Waals surface area contributed by atoms with E-state index in [2.05, 4.69) is 4.90 Å². The largest absolute Gasteiger partial charge is 0.416 e. The summed E-state index contributed by atoms with van der Waals surface area (Å²) in [5.74, 6) is 0.0980. The van der Waals surface area contributed by atoms with Crippen LogP contribution in [0.3, 0.4) is 0 Å². The Balaban J connectivity index is 1.58. The number of ether oxygens (including phenoxy) is 1. The lowest BCUT2D eigenvalue weighted by Gasteiger charge is -2.40. The molecule has 3 rings (SSSR count). The number of hydrogen-bond donors (Lipinski definition) is 0. The van der Waals surface area contributed by atoms with Crippen LogP contribution in [-0.2, 0) is 15.7 Å². The predicted octanol–water partition coefficient (Wildman–Crippen LogP) is 2.07. The first-order valence-corrected chi connectivity index (χ1v) is 8.89. The van der Waals surface area contributed by atoms with E-state index in [1.165, 1.54) is 12.1 Å². The van der Waals surface area contributed by atoms with Gasteiger partial charge in [-0.2, -0.15) is 13.2 Å². The molecule has 8 heteroatoms. The van der Waals surface area contributed by atoms with Gasteiger partial charge in [-0.3, -0.25) is 9.69 Å². The number of benzene rings is 1. The Bertz CT molecular complexity index is 624. The van der Waals surface area contributed by atoms with Crippen LogP contribution in [0.25, 0.3) is 0 Å². The van der Waals surface area contributed by atoms with Crippen LogP contribution < -0.4 is 4.90 Å². The van der Waals surface area contributed by atoms with Crippen molar-refractivity contribution in [2.24, 2.45) is 0 Å². The molecule has 1 aromatic carbocycles. The minimum atomic E-state index is -4.34. The maximum absolute atomic E-state index is 12.9. The molecule has 5 nitrogen and oxygen atoms in total. The Morgan fingerprint density at radius 2 is 1.73 bits per heavy atom. The van der Waals surface area contributed by atoms with E-state index in [0.29, 0.717) is 58.2 Å². The molecule has 1 unspecified atom stereocenters. The Hall–Kier alpha value is -1.80. The fourth-order valence-electron chi connectivity index (χ4n) is 3.45. The molecule has 144 valence electrons. The lowest BCUT2D eigenvalue weighted by atomic mass is 10.1. The molecule has 1 amide bonds. The molecule has 0 aliphatic carbocycles. The van der Waals surface area contributed by atoms with Gasteiger partial charge in [0.05, 0.1) is 24.8 Å². The fourth-order valence-corrected chi connectivity index (χ4v) is 3.45. The molecule has 0 N–H and O–H groups in total. The maximum atomic E-state index is 12.9. The van der Waals surface area contributed by atoms with Crippen molar-refractivity contribution in [2.75, 3.05) is 57.4 Å². The molecule has 2 heterocycles. The van der Waals surface area contributed by atoms with Crippen molar-refractivity contribution in [1.29, 1.82) is 0 Å². The fraction of sp³-hybridized carbons (Fsp3) is 0.611. The second kappa shape index (κ2) is 7.84. The van der Waals surface area contributed by atoms with Crippen molar-refractivity contribution in [3.63, 3.8) is 0 Å². The van der Waals surface area contributed by atoms with Crippen LogP contribution >= 0.6 is 0 Å². The monoisotopic (exact) mass is 371 g/mol. The number of rotatable bonds is 3. The Labute approximate surface area is 151 Å². The van der Waals surface area contributed by atoms with E-state index >= 15 is 0 Å². The third kappa shape index (κ3) is 4.29. The first-order chi connectivity index (χ1) is 12.4. The lowest BCUT2D eigenvalue weighted by Crippen LogP contribution is -2.56. The number of hydrogen-bond acceptors (Lipinski definition) is 4. The molecule has 2 fully saturated rings. The van der Waals surface area contributed by atoms with Crippen molar-refractivity contribution in [2.45, 2.75) is 19.1 Å². The second-order valence-electron chi connectivity index (χ2n) is 6.68. The van der Waals surface area contributed by atoms with E-state index < -0.39 is 11.7 Å². The van der Waals surface area contributed by atoms with E-state index in [1.54, 1.807) is 6.07 Å². The molecular weight excluding hydrogens is 347 g/mol. The SMILES string of the molecule is CC(C(=O)N1CCOCC1)N1CCN(c2cccc(C(F)(F)F)c2)CC1. The number of anilines is 1. The highest BCUT2D eigenvalue weighted by molar-refractivity contribution is 5.81. The summed E-state index contributed by atoms with van der Waals surface area (Å²) in [7, 11) is 0. The predicted molar refractivity (Wildman–Crippen MR) is 92.1 cm³/mol. The third-order valence-electron chi connectivity index (χ3n) is 5.08. The van der Waals surface area contributed by atoms with Crippen molar-refractivity contribution in [3.05, 3.63) is 29.8 Å². The van der Waals surface area contributed by atoms with Crippen molar-refractivity contribution in [1.82, 2.24) is 9.80 Å². The second-order valence-corrected chi connectivity index (χ2v) is 6.68. The van der Waals surface area contributed by atoms with E-state index in [4.69, 9.17) is 4.74 Å². The number of morpholine rings is 1. The molecule has 2 saturated heterocycles. The molecule has 0 saturated carbocycles. The average molecular weight is 371 g/mol. The molecule has 2 aliphatic heterocycles. The summed E-state index contributed by atoms with van der Waals surface area (Å²) in [5.41, 5.74) is -0.0556. The maximum Gasteiger partial charge on any atom is 0.416 e. The minimum absolute atomic E-state index is 0.0980. The number of piperazine rings is 1. The zero-order chi connectivity index (χ0) is 18.7. The molecule has 0 aromatic heterocycles. The van der Waals surface area contributed by atoms with Crippen molar-refractivity contribution >= 4 is 11.6 Å². The van der Waals surface area contributed by atoms with Gasteiger partial charge in [0.15, 0.2) is 0 Å². The summed E-state index contributed by atoms with van der Waals surface area (Å²) in [4.78, 5) is 18.5. The number of nitrogens with zero attached hydrogens (tertiary/aromatic N) is 3. The van der Waals surface area contributed by atoms with Crippen LogP contribution in [0, 0.1) is 0 Å². The van der Waals surface area contributed by atoms with Gasteiger partial charge < -0.3 is 14.5 Å². The van der Waals surface area contributed by atoms with E-state index in [-0.39, 0.29) is 11.9 Å². The van der Waals surface area contributed by atoms with Crippen LogP contribution in [0.1, 0.15) is 12.5 Å². The topological polar surface area (TPSA) is 36.0 Å². The number of carbonyl (C=O) groups excluding carboxylic acids is 1. The van der Waals surface area contributed by atoms with Gasteiger partial charge in [0.25, 0.3) is 0 Å². The number of amides is 1. The number of alkyl halides is 3. The van der Waals surface area contributed by atoms with E-state index in [9.17, 15) is 18.0 Å². The van der Waals surface area contributed by atoms with Gasteiger partial charge in [0.1, 0.15) is 0 Å². The molecule has 1 aromatic rings. The van der Waals surface area contributed by atoms with Crippen LogP contribution in [0.5, 0.6) is 0 Å².